The van der Waals surface area contributed by atoms with E-state index in [1.165, 1.54) is 6.07 Å². The summed E-state index contributed by atoms with van der Waals surface area (Å²) in [7, 11) is 3.22. The summed E-state index contributed by atoms with van der Waals surface area (Å²) in [5.74, 6) is 1.14. The lowest BCUT2D eigenvalue weighted by Gasteiger charge is -2.15. The van der Waals surface area contributed by atoms with Crippen LogP contribution >= 0.6 is 0 Å². The number of alkyl halides is 2. The average molecular weight is 394 g/mol. The van der Waals surface area contributed by atoms with E-state index in [-0.39, 0.29) is 12.3 Å². The minimum Gasteiger partial charge on any atom is -0.475 e. The molecule has 2 N–H and O–H groups in total. The highest BCUT2D eigenvalue weighted by Crippen LogP contribution is 2.20. The number of aliphatic imine (C=N–C) groups is 1. The molecule has 1 aromatic heterocycles. The number of ether oxygens (including phenoxy) is 3. The first-order valence-electron chi connectivity index (χ1n) is 8.67. The van der Waals surface area contributed by atoms with Crippen LogP contribution in [0.15, 0.2) is 47.6 Å². The lowest BCUT2D eigenvalue weighted by atomic mass is 10.2. The van der Waals surface area contributed by atoms with Crippen molar-refractivity contribution < 1.29 is 23.0 Å². The summed E-state index contributed by atoms with van der Waals surface area (Å²) in [6.45, 7) is -1.32. The zero-order chi connectivity index (χ0) is 20.2. The van der Waals surface area contributed by atoms with Gasteiger partial charge in [0.1, 0.15) is 12.4 Å². The number of aromatic nitrogens is 1. The van der Waals surface area contributed by atoms with Gasteiger partial charge in [-0.25, -0.2) is 4.98 Å². The third-order valence-electron chi connectivity index (χ3n) is 3.68. The van der Waals surface area contributed by atoms with E-state index in [2.05, 4.69) is 25.3 Å². The van der Waals surface area contributed by atoms with Crippen molar-refractivity contribution in [1.29, 1.82) is 0 Å². The lowest BCUT2D eigenvalue weighted by Crippen LogP contribution is -2.36. The average Bonchev–Trinajstić information content (AvgIpc) is 2.70. The molecule has 0 aliphatic rings. The zero-order valence-corrected chi connectivity index (χ0v) is 15.8. The molecule has 9 heteroatoms. The van der Waals surface area contributed by atoms with Crippen LogP contribution in [0.1, 0.15) is 11.1 Å². The molecule has 0 saturated heterocycles. The first kappa shape index (κ1) is 21.4. The molecule has 0 fully saturated rings. The highest BCUT2D eigenvalue weighted by atomic mass is 19.3. The fourth-order valence-electron chi connectivity index (χ4n) is 2.35. The Kier molecular flexibility index (Phi) is 8.93. The van der Waals surface area contributed by atoms with Crippen LogP contribution in [0.3, 0.4) is 0 Å². The zero-order valence-electron chi connectivity index (χ0n) is 15.8. The van der Waals surface area contributed by atoms with Crippen molar-refractivity contribution in [3.63, 3.8) is 0 Å². The molecule has 0 aliphatic carbocycles. The van der Waals surface area contributed by atoms with E-state index in [0.29, 0.717) is 37.2 Å². The molecule has 0 spiro atoms. The molecule has 152 valence electrons. The van der Waals surface area contributed by atoms with Gasteiger partial charge in [0, 0.05) is 44.6 Å². The van der Waals surface area contributed by atoms with Crippen LogP contribution in [0.25, 0.3) is 0 Å². The molecule has 2 aromatic rings. The Hall–Kier alpha value is -2.94. The number of para-hydroxylation sites is 1. The van der Waals surface area contributed by atoms with Crippen molar-refractivity contribution in [3.8, 4) is 11.6 Å². The van der Waals surface area contributed by atoms with Crippen LogP contribution in [0.5, 0.6) is 11.6 Å². The van der Waals surface area contributed by atoms with Gasteiger partial charge in [0.2, 0.25) is 5.88 Å². The van der Waals surface area contributed by atoms with Gasteiger partial charge in [-0.1, -0.05) is 24.3 Å². The van der Waals surface area contributed by atoms with Crippen molar-refractivity contribution in [2.45, 2.75) is 19.7 Å². The molecule has 0 bridgehead atoms. The van der Waals surface area contributed by atoms with Crippen molar-refractivity contribution in [2.24, 2.45) is 4.99 Å². The topological polar surface area (TPSA) is 77.0 Å². The largest absolute Gasteiger partial charge is 0.475 e. The van der Waals surface area contributed by atoms with E-state index in [1.807, 2.05) is 12.1 Å². The van der Waals surface area contributed by atoms with Gasteiger partial charge in [-0.2, -0.15) is 8.78 Å². The molecule has 0 atom stereocenters. The van der Waals surface area contributed by atoms with Crippen LogP contribution in [-0.2, 0) is 17.8 Å². The molecule has 0 radical (unpaired) electrons. The lowest BCUT2D eigenvalue weighted by molar-refractivity contribution is -0.0504. The molecule has 1 heterocycles. The van der Waals surface area contributed by atoms with E-state index in [0.717, 1.165) is 5.56 Å². The van der Waals surface area contributed by atoms with Gasteiger partial charge in [0.25, 0.3) is 0 Å². The molecule has 0 unspecified atom stereocenters. The highest BCUT2D eigenvalue weighted by Gasteiger charge is 2.10. The molecule has 7 nitrogen and oxygen atoms in total. The van der Waals surface area contributed by atoms with E-state index in [1.54, 1.807) is 38.6 Å². The van der Waals surface area contributed by atoms with Crippen molar-refractivity contribution in [1.82, 2.24) is 15.6 Å². The third-order valence-corrected chi connectivity index (χ3v) is 3.68. The number of pyridine rings is 1. The first-order chi connectivity index (χ1) is 13.6. The second-order valence-corrected chi connectivity index (χ2v) is 5.57. The minimum atomic E-state index is -2.87. The summed E-state index contributed by atoms with van der Waals surface area (Å²) < 4.78 is 40.1. The fourth-order valence-corrected chi connectivity index (χ4v) is 2.35. The Labute approximate surface area is 162 Å². The number of guanidine groups is 1. The number of hydrogen-bond acceptors (Lipinski definition) is 5. The van der Waals surface area contributed by atoms with Crippen molar-refractivity contribution in [3.05, 3.63) is 53.7 Å². The number of halogens is 2. The molecule has 28 heavy (non-hydrogen) atoms. The van der Waals surface area contributed by atoms with Gasteiger partial charge in [-0.3, -0.25) is 4.99 Å². The summed E-state index contributed by atoms with van der Waals surface area (Å²) >= 11 is 0. The number of hydrogen-bond donors (Lipinski definition) is 2. The minimum absolute atomic E-state index is 0.126. The molecule has 0 saturated carbocycles. The van der Waals surface area contributed by atoms with Gasteiger partial charge < -0.3 is 24.8 Å². The van der Waals surface area contributed by atoms with Crippen LogP contribution in [0.4, 0.5) is 8.78 Å². The van der Waals surface area contributed by atoms with E-state index < -0.39 is 6.61 Å². The predicted molar refractivity (Wildman–Crippen MR) is 102 cm³/mol. The van der Waals surface area contributed by atoms with Crippen LogP contribution in [0.2, 0.25) is 0 Å². The maximum Gasteiger partial charge on any atom is 0.387 e. The standard InChI is InChI=1S/C19H24F2N4O3/c1-22-19(24-12-14-6-3-4-8-16(14)28-18(20)21)25-13-15-7-5-9-23-17(15)27-11-10-26-2/h3-9,18H,10-13H2,1-2H3,(H2,22,24,25). The Morgan fingerprint density at radius 1 is 1.07 bits per heavy atom. The maximum atomic E-state index is 12.5. The Morgan fingerprint density at radius 3 is 2.50 bits per heavy atom. The van der Waals surface area contributed by atoms with Crippen molar-refractivity contribution >= 4 is 5.96 Å². The van der Waals surface area contributed by atoms with Crippen LogP contribution in [-0.4, -0.2) is 44.9 Å². The monoisotopic (exact) mass is 394 g/mol. The third kappa shape index (κ3) is 6.99. The number of rotatable bonds is 10. The summed E-state index contributed by atoms with van der Waals surface area (Å²) in [6.07, 6.45) is 1.65. The predicted octanol–water partition coefficient (Wildman–Crippen LogP) is 2.57. The summed E-state index contributed by atoms with van der Waals surface area (Å²) in [5, 5.41) is 6.22. The Balaban J connectivity index is 1.93. The number of nitrogens with one attached hydrogen (secondary N) is 2. The smallest absolute Gasteiger partial charge is 0.387 e. The number of nitrogens with zero attached hydrogens (tertiary/aromatic N) is 2. The molecule has 0 aliphatic heterocycles. The van der Waals surface area contributed by atoms with Gasteiger partial charge in [0.15, 0.2) is 5.96 Å². The number of methoxy groups -OCH3 is 1. The Bertz CT molecular complexity index is 759. The van der Waals surface area contributed by atoms with Gasteiger partial charge in [-0.15, -0.1) is 0 Å². The first-order valence-corrected chi connectivity index (χ1v) is 8.67. The summed E-state index contributed by atoms with van der Waals surface area (Å²) in [6, 6.07) is 10.3. The van der Waals surface area contributed by atoms with Gasteiger partial charge in [-0.05, 0) is 12.1 Å². The number of benzene rings is 1. The molecule has 2 rings (SSSR count). The van der Waals surface area contributed by atoms with E-state index >= 15 is 0 Å². The molecular weight excluding hydrogens is 370 g/mol. The summed E-state index contributed by atoms with van der Waals surface area (Å²) in [4.78, 5) is 8.36. The van der Waals surface area contributed by atoms with Crippen LogP contribution < -0.4 is 20.1 Å². The van der Waals surface area contributed by atoms with Gasteiger partial charge >= 0.3 is 6.61 Å². The molecule has 0 amide bonds. The van der Waals surface area contributed by atoms with Crippen LogP contribution in [0, 0.1) is 0 Å². The second kappa shape index (κ2) is 11.7. The SMILES string of the molecule is CN=C(NCc1ccccc1OC(F)F)NCc1cccnc1OCCOC. The van der Waals surface area contributed by atoms with E-state index in [9.17, 15) is 8.78 Å². The Morgan fingerprint density at radius 2 is 1.79 bits per heavy atom. The van der Waals surface area contributed by atoms with Gasteiger partial charge in [0.05, 0.1) is 6.61 Å². The van der Waals surface area contributed by atoms with Crippen molar-refractivity contribution in [2.75, 3.05) is 27.4 Å². The molecule has 1 aromatic carbocycles. The maximum absolute atomic E-state index is 12.5. The molecular formula is C19H24F2N4O3. The second-order valence-electron chi connectivity index (χ2n) is 5.57. The van der Waals surface area contributed by atoms with E-state index in [4.69, 9.17) is 9.47 Å². The quantitative estimate of drug-likeness (QED) is 0.366. The fraction of sp³-hybridized carbons (Fsp3) is 0.368. The highest BCUT2D eigenvalue weighted by molar-refractivity contribution is 5.79. The summed E-state index contributed by atoms with van der Waals surface area (Å²) in [5.41, 5.74) is 1.44. The normalized spacial score (nSPS) is 11.4.